The molecule has 0 aliphatic rings. The van der Waals surface area contributed by atoms with Gasteiger partial charge in [0, 0.05) is 17.8 Å². The zero-order valence-electron chi connectivity index (χ0n) is 10.3. The first-order valence-corrected chi connectivity index (χ1v) is 6.06. The molecule has 106 valence electrons. The molecule has 0 atom stereocenters. The van der Waals surface area contributed by atoms with Crippen molar-refractivity contribution in [2.45, 2.75) is 19.5 Å². The second kappa shape index (κ2) is 6.18. The molecular formula is C12H14F4N2S. The molecule has 0 bridgehead atoms. The maximum atomic E-state index is 13.1. The molecule has 0 saturated carbocycles. The van der Waals surface area contributed by atoms with Crippen molar-refractivity contribution < 1.29 is 17.6 Å². The highest BCUT2D eigenvalue weighted by Crippen LogP contribution is 2.26. The predicted molar refractivity (Wildman–Crippen MR) is 70.8 cm³/mol. The van der Waals surface area contributed by atoms with E-state index in [1.54, 1.807) is 6.92 Å². The van der Waals surface area contributed by atoms with Crippen molar-refractivity contribution in [1.82, 2.24) is 0 Å². The van der Waals surface area contributed by atoms with Gasteiger partial charge in [0.2, 0.25) is 0 Å². The van der Waals surface area contributed by atoms with Gasteiger partial charge in [0.25, 0.3) is 0 Å². The normalized spacial score (nSPS) is 11.4. The summed E-state index contributed by atoms with van der Waals surface area (Å²) in [5.74, 6) is -0.588. The maximum Gasteiger partial charge on any atom is 0.405 e. The Balaban J connectivity index is 3.18. The molecule has 0 heterocycles. The van der Waals surface area contributed by atoms with Crippen LogP contribution < -0.4 is 10.6 Å². The summed E-state index contributed by atoms with van der Waals surface area (Å²) in [6, 6.07) is 3.41. The molecule has 0 amide bonds. The molecular weight excluding hydrogens is 280 g/mol. The van der Waals surface area contributed by atoms with Crippen molar-refractivity contribution in [1.29, 1.82) is 0 Å². The van der Waals surface area contributed by atoms with Crippen LogP contribution in [0.15, 0.2) is 18.2 Å². The standard InChI is InChI=1S/C12H14F4N2S/c1-2-5-18(7-12(14,15)16)10-4-3-8(13)6-9(10)11(17)19/h3-4,6H,2,5,7H2,1H3,(H2,17,19). The van der Waals surface area contributed by atoms with Crippen molar-refractivity contribution in [3.05, 3.63) is 29.6 Å². The lowest BCUT2D eigenvalue weighted by Crippen LogP contribution is -2.36. The lowest BCUT2D eigenvalue weighted by atomic mass is 10.1. The lowest BCUT2D eigenvalue weighted by Gasteiger charge is -2.27. The molecule has 0 fully saturated rings. The third-order valence-electron chi connectivity index (χ3n) is 2.43. The van der Waals surface area contributed by atoms with Crippen molar-refractivity contribution in [2.24, 2.45) is 5.73 Å². The Morgan fingerprint density at radius 1 is 1.37 bits per heavy atom. The van der Waals surface area contributed by atoms with Crippen LogP contribution in [0.3, 0.4) is 0 Å². The number of halogens is 4. The number of nitrogens with two attached hydrogens (primary N) is 1. The fraction of sp³-hybridized carbons (Fsp3) is 0.417. The SMILES string of the molecule is CCCN(CC(F)(F)F)c1ccc(F)cc1C(N)=S. The van der Waals surface area contributed by atoms with Gasteiger partial charge in [0.05, 0.1) is 0 Å². The van der Waals surface area contributed by atoms with E-state index in [0.717, 1.165) is 17.0 Å². The van der Waals surface area contributed by atoms with Crippen LogP contribution in [0, 0.1) is 5.82 Å². The van der Waals surface area contributed by atoms with E-state index in [-0.39, 0.29) is 22.8 Å². The van der Waals surface area contributed by atoms with Gasteiger partial charge < -0.3 is 10.6 Å². The molecule has 7 heteroatoms. The van der Waals surface area contributed by atoms with Crippen LogP contribution in [0.1, 0.15) is 18.9 Å². The van der Waals surface area contributed by atoms with Crippen LogP contribution in [0.5, 0.6) is 0 Å². The van der Waals surface area contributed by atoms with Gasteiger partial charge in [-0.05, 0) is 24.6 Å². The van der Waals surface area contributed by atoms with Crippen molar-refractivity contribution >= 4 is 22.9 Å². The molecule has 2 nitrogen and oxygen atoms in total. The Morgan fingerprint density at radius 3 is 2.47 bits per heavy atom. The maximum absolute atomic E-state index is 13.1. The van der Waals surface area contributed by atoms with Gasteiger partial charge in [-0.25, -0.2) is 4.39 Å². The number of hydrogen-bond acceptors (Lipinski definition) is 2. The zero-order valence-corrected chi connectivity index (χ0v) is 11.1. The smallest absolute Gasteiger partial charge is 0.389 e. The highest BCUT2D eigenvalue weighted by molar-refractivity contribution is 7.80. The van der Waals surface area contributed by atoms with Crippen LogP contribution in [-0.4, -0.2) is 24.3 Å². The summed E-state index contributed by atoms with van der Waals surface area (Å²) >= 11 is 4.76. The second-order valence-corrected chi connectivity index (χ2v) is 4.50. The van der Waals surface area contributed by atoms with Crippen molar-refractivity contribution in [3.63, 3.8) is 0 Å². The minimum Gasteiger partial charge on any atom is -0.389 e. The summed E-state index contributed by atoms with van der Waals surface area (Å²) in [7, 11) is 0. The molecule has 1 aromatic carbocycles. The molecule has 0 aliphatic carbocycles. The van der Waals surface area contributed by atoms with E-state index in [1.165, 1.54) is 6.07 Å². The molecule has 1 rings (SSSR count). The van der Waals surface area contributed by atoms with Crippen LogP contribution >= 0.6 is 12.2 Å². The number of hydrogen-bond donors (Lipinski definition) is 1. The van der Waals surface area contributed by atoms with E-state index in [1.807, 2.05) is 0 Å². The molecule has 2 N–H and O–H groups in total. The Labute approximate surface area is 114 Å². The molecule has 0 saturated heterocycles. The van der Waals surface area contributed by atoms with E-state index < -0.39 is 18.5 Å². The third kappa shape index (κ3) is 4.66. The van der Waals surface area contributed by atoms with Gasteiger partial charge in [-0.3, -0.25) is 0 Å². The van der Waals surface area contributed by atoms with Crippen LogP contribution in [0.25, 0.3) is 0 Å². The summed E-state index contributed by atoms with van der Waals surface area (Å²) in [5.41, 5.74) is 5.76. The van der Waals surface area contributed by atoms with E-state index in [2.05, 4.69) is 0 Å². The van der Waals surface area contributed by atoms with Crippen LogP contribution in [0.4, 0.5) is 23.2 Å². The lowest BCUT2D eigenvalue weighted by molar-refractivity contribution is -0.119. The number of anilines is 1. The summed E-state index contributed by atoms with van der Waals surface area (Å²) in [6.07, 6.45) is -3.83. The molecule has 19 heavy (non-hydrogen) atoms. The number of nitrogens with zero attached hydrogens (tertiary/aromatic N) is 1. The van der Waals surface area contributed by atoms with Gasteiger partial charge in [-0.15, -0.1) is 0 Å². The molecule has 0 unspecified atom stereocenters. The van der Waals surface area contributed by atoms with Crippen LogP contribution in [0.2, 0.25) is 0 Å². The van der Waals surface area contributed by atoms with Gasteiger partial charge in [-0.2, -0.15) is 13.2 Å². The van der Waals surface area contributed by atoms with Gasteiger partial charge in [-0.1, -0.05) is 19.1 Å². The summed E-state index contributed by atoms with van der Waals surface area (Å²) in [4.78, 5) is 0.978. The Hall–Kier alpha value is -1.37. The number of rotatable bonds is 5. The zero-order chi connectivity index (χ0) is 14.6. The van der Waals surface area contributed by atoms with E-state index in [9.17, 15) is 17.6 Å². The highest BCUT2D eigenvalue weighted by atomic mass is 32.1. The van der Waals surface area contributed by atoms with Crippen molar-refractivity contribution in [2.75, 3.05) is 18.0 Å². The third-order valence-corrected chi connectivity index (χ3v) is 2.65. The number of alkyl halides is 3. The number of benzene rings is 1. The minimum absolute atomic E-state index is 0.118. The van der Waals surface area contributed by atoms with Gasteiger partial charge in [0.1, 0.15) is 17.4 Å². The van der Waals surface area contributed by atoms with E-state index >= 15 is 0 Å². The minimum atomic E-state index is -4.35. The molecule has 0 aliphatic heterocycles. The summed E-state index contributed by atoms with van der Waals surface area (Å²) in [6.45, 7) is 0.816. The van der Waals surface area contributed by atoms with E-state index in [0.29, 0.717) is 6.42 Å². The molecule has 1 aromatic rings. The fourth-order valence-electron chi connectivity index (χ4n) is 1.75. The Morgan fingerprint density at radius 2 is 2.00 bits per heavy atom. The summed E-state index contributed by atoms with van der Waals surface area (Å²) < 4.78 is 50.8. The predicted octanol–water partition coefficient (Wildman–Crippen LogP) is 3.24. The van der Waals surface area contributed by atoms with Crippen molar-refractivity contribution in [3.8, 4) is 0 Å². The summed E-state index contributed by atoms with van der Waals surface area (Å²) in [5, 5.41) is 0. The fourth-order valence-corrected chi connectivity index (χ4v) is 1.92. The van der Waals surface area contributed by atoms with Crippen LogP contribution in [-0.2, 0) is 0 Å². The monoisotopic (exact) mass is 294 g/mol. The first-order valence-electron chi connectivity index (χ1n) is 5.65. The number of thiocarbonyl (C=S) groups is 1. The molecule has 0 radical (unpaired) electrons. The molecule has 0 aromatic heterocycles. The average Bonchev–Trinajstić information content (AvgIpc) is 2.26. The topological polar surface area (TPSA) is 29.3 Å². The van der Waals surface area contributed by atoms with E-state index in [4.69, 9.17) is 18.0 Å². The quantitative estimate of drug-likeness (QED) is 0.668. The average molecular weight is 294 g/mol. The van der Waals surface area contributed by atoms with Gasteiger partial charge >= 0.3 is 6.18 Å². The first-order chi connectivity index (χ1) is 8.74. The Kier molecular flexibility index (Phi) is 5.11. The highest BCUT2D eigenvalue weighted by Gasteiger charge is 2.31. The molecule has 0 spiro atoms. The largest absolute Gasteiger partial charge is 0.405 e. The first kappa shape index (κ1) is 15.7. The van der Waals surface area contributed by atoms with Gasteiger partial charge in [0.15, 0.2) is 0 Å². The second-order valence-electron chi connectivity index (χ2n) is 4.06. The Bertz CT molecular complexity index is 460.